The summed E-state index contributed by atoms with van der Waals surface area (Å²) in [5, 5.41) is 2.70. The van der Waals surface area contributed by atoms with Crippen LogP contribution in [0.3, 0.4) is 0 Å². The standard InChI is InChI=1S/C30H26BrClFN5O3/c1-36-28(38-10-9-27(39)35-30(38)40)13-34-29(36)18-5-6-19-14-37(16-21(19)11-18)15-20-7-8-22(12-24(20)31)41-17-23-25(32)3-2-4-26(23)33/h2-8,11-13H,9-10,14-17H2,1H3,(H,35,39,40). The molecule has 11 heteroatoms. The molecule has 6 rings (SSSR count). The lowest BCUT2D eigenvalue weighted by Crippen LogP contribution is -2.50. The second-order valence-electron chi connectivity index (χ2n) is 10.1. The first-order valence-electron chi connectivity index (χ1n) is 13.1. The Morgan fingerprint density at radius 2 is 1.93 bits per heavy atom. The molecular weight excluding hydrogens is 613 g/mol. The predicted molar refractivity (Wildman–Crippen MR) is 157 cm³/mol. The van der Waals surface area contributed by atoms with E-state index in [-0.39, 0.29) is 24.8 Å². The van der Waals surface area contributed by atoms with Crippen molar-refractivity contribution in [3.8, 4) is 17.1 Å². The van der Waals surface area contributed by atoms with Crippen molar-refractivity contribution in [1.29, 1.82) is 0 Å². The third-order valence-corrected chi connectivity index (χ3v) is 8.50. The number of benzene rings is 3. The molecule has 0 bridgehead atoms. The van der Waals surface area contributed by atoms with E-state index in [1.165, 1.54) is 22.1 Å². The minimum atomic E-state index is -0.430. The van der Waals surface area contributed by atoms with Gasteiger partial charge in [-0.3, -0.25) is 19.9 Å². The van der Waals surface area contributed by atoms with Crippen molar-refractivity contribution in [3.05, 3.63) is 98.4 Å². The third-order valence-electron chi connectivity index (χ3n) is 7.41. The fourth-order valence-electron chi connectivity index (χ4n) is 5.23. The van der Waals surface area contributed by atoms with Gasteiger partial charge in [0.05, 0.1) is 11.2 Å². The van der Waals surface area contributed by atoms with Crippen LogP contribution in [0.25, 0.3) is 11.4 Å². The van der Waals surface area contributed by atoms with Crippen molar-refractivity contribution in [2.75, 3.05) is 11.4 Å². The second-order valence-corrected chi connectivity index (χ2v) is 11.4. The highest BCUT2D eigenvalue weighted by atomic mass is 79.9. The van der Waals surface area contributed by atoms with Gasteiger partial charge < -0.3 is 9.30 Å². The maximum absolute atomic E-state index is 14.1. The summed E-state index contributed by atoms with van der Waals surface area (Å²) in [6, 6.07) is 16.3. The third kappa shape index (κ3) is 5.59. The van der Waals surface area contributed by atoms with E-state index in [1.807, 2.05) is 29.8 Å². The number of nitrogens with one attached hydrogen (secondary N) is 1. The quantitative estimate of drug-likeness (QED) is 0.262. The molecule has 41 heavy (non-hydrogen) atoms. The number of aromatic nitrogens is 2. The van der Waals surface area contributed by atoms with Crippen LogP contribution < -0.4 is 15.0 Å². The van der Waals surface area contributed by atoms with E-state index in [9.17, 15) is 14.0 Å². The van der Waals surface area contributed by atoms with Crippen LogP contribution in [0.4, 0.5) is 15.0 Å². The lowest BCUT2D eigenvalue weighted by molar-refractivity contribution is -0.120. The number of imide groups is 1. The van der Waals surface area contributed by atoms with Crippen molar-refractivity contribution in [2.45, 2.75) is 32.7 Å². The fourth-order valence-corrected chi connectivity index (χ4v) is 5.93. The van der Waals surface area contributed by atoms with Crippen molar-refractivity contribution in [2.24, 2.45) is 7.05 Å². The number of anilines is 1. The van der Waals surface area contributed by atoms with Gasteiger partial charge in [-0.05, 0) is 47.0 Å². The van der Waals surface area contributed by atoms with Crippen LogP contribution in [0.5, 0.6) is 5.75 Å². The molecule has 0 spiro atoms. The summed E-state index contributed by atoms with van der Waals surface area (Å²) in [4.78, 5) is 32.3. The molecule has 1 N–H and O–H groups in total. The molecule has 1 aromatic heterocycles. The number of ether oxygens (including phenoxy) is 1. The zero-order valence-corrected chi connectivity index (χ0v) is 24.5. The average molecular weight is 639 g/mol. The number of nitrogens with zero attached hydrogens (tertiary/aromatic N) is 4. The normalized spacial score (nSPS) is 15.3. The molecule has 3 aromatic carbocycles. The van der Waals surface area contributed by atoms with Gasteiger partial charge in [-0.2, -0.15) is 0 Å². The highest BCUT2D eigenvalue weighted by molar-refractivity contribution is 9.10. The highest BCUT2D eigenvalue weighted by Crippen LogP contribution is 2.33. The van der Waals surface area contributed by atoms with E-state index in [0.717, 1.165) is 41.1 Å². The van der Waals surface area contributed by atoms with Crippen molar-refractivity contribution in [3.63, 3.8) is 0 Å². The summed E-state index contributed by atoms with van der Waals surface area (Å²) in [7, 11) is 1.87. The van der Waals surface area contributed by atoms with Gasteiger partial charge in [0.15, 0.2) is 0 Å². The lowest BCUT2D eigenvalue weighted by atomic mass is 10.1. The van der Waals surface area contributed by atoms with Gasteiger partial charge in [0.2, 0.25) is 5.91 Å². The monoisotopic (exact) mass is 637 g/mol. The Labute approximate surface area is 249 Å². The molecule has 2 aliphatic heterocycles. The van der Waals surface area contributed by atoms with Gasteiger partial charge in [-0.25, -0.2) is 14.2 Å². The SMILES string of the molecule is Cn1c(N2CCC(=O)NC2=O)cnc1-c1ccc2c(c1)CN(Cc1ccc(OCc3c(F)cccc3Cl)cc1Br)C2. The summed E-state index contributed by atoms with van der Waals surface area (Å²) in [6.07, 6.45) is 1.93. The summed E-state index contributed by atoms with van der Waals surface area (Å²) in [5.74, 6) is 1.36. The summed E-state index contributed by atoms with van der Waals surface area (Å²) in [6.45, 7) is 2.71. The number of halogens is 3. The van der Waals surface area contributed by atoms with Crippen molar-refractivity contribution < 1.29 is 18.7 Å². The molecule has 210 valence electrons. The number of hydrogen-bond acceptors (Lipinski definition) is 5. The maximum Gasteiger partial charge on any atom is 0.329 e. The van der Waals surface area contributed by atoms with Gasteiger partial charge in [0.1, 0.15) is 29.8 Å². The molecule has 0 unspecified atom stereocenters. The first-order valence-corrected chi connectivity index (χ1v) is 14.3. The minimum absolute atomic E-state index is 0.0451. The summed E-state index contributed by atoms with van der Waals surface area (Å²) < 4.78 is 22.7. The van der Waals surface area contributed by atoms with Crippen LogP contribution in [0.1, 0.15) is 28.7 Å². The Morgan fingerprint density at radius 1 is 1.10 bits per heavy atom. The van der Waals surface area contributed by atoms with E-state index >= 15 is 0 Å². The van der Waals surface area contributed by atoms with E-state index in [2.05, 4.69) is 49.3 Å². The van der Waals surface area contributed by atoms with Crippen LogP contribution in [0.2, 0.25) is 5.02 Å². The average Bonchev–Trinajstić information content (AvgIpc) is 3.52. The Morgan fingerprint density at radius 3 is 2.71 bits per heavy atom. The molecule has 0 aliphatic carbocycles. The number of imidazole rings is 1. The first kappa shape index (κ1) is 27.4. The largest absolute Gasteiger partial charge is 0.489 e. The van der Waals surface area contributed by atoms with E-state index in [0.29, 0.717) is 28.7 Å². The molecule has 0 atom stereocenters. The fraction of sp³-hybridized carbons (Fsp3) is 0.233. The van der Waals surface area contributed by atoms with E-state index in [1.54, 1.807) is 18.3 Å². The van der Waals surface area contributed by atoms with Crippen LogP contribution in [0.15, 0.2) is 65.3 Å². The Hall–Kier alpha value is -3.73. The summed E-state index contributed by atoms with van der Waals surface area (Å²) >= 11 is 9.78. The molecule has 1 fully saturated rings. The van der Waals surface area contributed by atoms with Crippen LogP contribution in [-0.2, 0) is 38.1 Å². The number of urea groups is 1. The molecule has 1 saturated heterocycles. The smallest absolute Gasteiger partial charge is 0.329 e. The zero-order valence-electron chi connectivity index (χ0n) is 22.2. The Bertz CT molecular complexity index is 1660. The number of hydrogen-bond donors (Lipinski definition) is 1. The van der Waals surface area contributed by atoms with Crippen molar-refractivity contribution in [1.82, 2.24) is 19.8 Å². The van der Waals surface area contributed by atoms with Gasteiger partial charge in [0.25, 0.3) is 0 Å². The van der Waals surface area contributed by atoms with Crippen LogP contribution in [0, 0.1) is 5.82 Å². The predicted octanol–water partition coefficient (Wildman–Crippen LogP) is 6.18. The number of amides is 3. The molecule has 0 saturated carbocycles. The van der Waals surface area contributed by atoms with Crippen LogP contribution in [-0.4, -0.2) is 32.9 Å². The molecule has 4 aromatic rings. The van der Waals surface area contributed by atoms with E-state index < -0.39 is 6.03 Å². The van der Waals surface area contributed by atoms with Crippen LogP contribution >= 0.6 is 27.5 Å². The highest BCUT2D eigenvalue weighted by Gasteiger charge is 2.28. The zero-order chi connectivity index (χ0) is 28.7. The molecule has 0 radical (unpaired) electrons. The Kier molecular flexibility index (Phi) is 7.54. The van der Waals surface area contributed by atoms with Crippen molar-refractivity contribution >= 4 is 45.3 Å². The maximum atomic E-state index is 14.1. The van der Waals surface area contributed by atoms with Gasteiger partial charge >= 0.3 is 6.03 Å². The number of fused-ring (bicyclic) bond motifs is 1. The molecule has 3 amide bonds. The number of carbonyl (C=O) groups is 2. The Balaban J connectivity index is 1.12. The molecular formula is C30H26BrClFN5O3. The second kappa shape index (κ2) is 11.3. The van der Waals surface area contributed by atoms with Gasteiger partial charge in [0, 0.05) is 55.2 Å². The van der Waals surface area contributed by atoms with E-state index in [4.69, 9.17) is 16.3 Å². The lowest BCUT2D eigenvalue weighted by Gasteiger charge is -2.26. The molecule has 3 heterocycles. The molecule has 8 nitrogen and oxygen atoms in total. The van der Waals surface area contributed by atoms with Gasteiger partial charge in [-0.15, -0.1) is 0 Å². The number of carbonyl (C=O) groups excluding carboxylic acids is 2. The van der Waals surface area contributed by atoms with Gasteiger partial charge in [-0.1, -0.05) is 51.8 Å². The molecule has 2 aliphatic rings. The minimum Gasteiger partial charge on any atom is -0.489 e. The first-order chi connectivity index (χ1) is 19.8. The number of rotatable bonds is 7. The topological polar surface area (TPSA) is 79.7 Å². The summed E-state index contributed by atoms with van der Waals surface area (Å²) in [5.41, 5.74) is 4.90.